The van der Waals surface area contributed by atoms with Crippen molar-refractivity contribution in [3.63, 3.8) is 0 Å². The molecule has 0 aliphatic heterocycles. The maximum absolute atomic E-state index is 11.3. The SMILES string of the molecule is O=C(O)Cc1ccc(-n2cc[nH]c2=O)cc1. The van der Waals surface area contributed by atoms with E-state index in [1.54, 1.807) is 36.7 Å². The molecule has 0 saturated carbocycles. The van der Waals surface area contributed by atoms with Crippen LogP contribution in [0, 0.1) is 0 Å². The first-order chi connectivity index (χ1) is 7.66. The lowest BCUT2D eigenvalue weighted by Gasteiger charge is -2.02. The zero-order valence-corrected chi connectivity index (χ0v) is 8.38. The Hall–Kier alpha value is -2.30. The average molecular weight is 218 g/mol. The molecule has 0 amide bonds. The molecule has 5 nitrogen and oxygen atoms in total. The molecule has 0 unspecified atom stereocenters. The molecule has 2 aromatic rings. The smallest absolute Gasteiger partial charge is 0.330 e. The molecule has 0 spiro atoms. The average Bonchev–Trinajstić information content (AvgIpc) is 2.65. The van der Waals surface area contributed by atoms with E-state index in [0.29, 0.717) is 11.3 Å². The topological polar surface area (TPSA) is 75.1 Å². The number of nitrogens with zero attached hydrogens (tertiary/aromatic N) is 1. The Labute approximate surface area is 91.0 Å². The molecule has 0 radical (unpaired) electrons. The van der Waals surface area contributed by atoms with Crippen molar-refractivity contribution < 1.29 is 9.90 Å². The van der Waals surface area contributed by atoms with Crippen LogP contribution in [0.25, 0.3) is 5.69 Å². The molecule has 1 aromatic carbocycles. The molecule has 1 aromatic heterocycles. The van der Waals surface area contributed by atoms with Crippen LogP contribution in [0.2, 0.25) is 0 Å². The molecule has 1 heterocycles. The summed E-state index contributed by atoms with van der Waals surface area (Å²) in [5.74, 6) is -0.869. The standard InChI is InChI=1S/C11H10N2O3/c14-10(15)7-8-1-3-9(4-2-8)13-6-5-12-11(13)16/h1-6H,7H2,(H,12,16)(H,14,15). The molecule has 0 fully saturated rings. The second kappa shape index (κ2) is 4.06. The molecule has 5 heteroatoms. The van der Waals surface area contributed by atoms with Gasteiger partial charge >= 0.3 is 11.7 Å². The number of aromatic amines is 1. The summed E-state index contributed by atoms with van der Waals surface area (Å²) in [7, 11) is 0. The van der Waals surface area contributed by atoms with Crippen LogP contribution in [0.3, 0.4) is 0 Å². The zero-order chi connectivity index (χ0) is 11.5. The van der Waals surface area contributed by atoms with Crippen molar-refractivity contribution in [1.82, 2.24) is 9.55 Å². The van der Waals surface area contributed by atoms with E-state index in [1.807, 2.05) is 0 Å². The Bertz CT molecular complexity index is 551. The fourth-order valence-electron chi connectivity index (χ4n) is 1.47. The number of hydrogen-bond acceptors (Lipinski definition) is 2. The summed E-state index contributed by atoms with van der Waals surface area (Å²) >= 11 is 0. The van der Waals surface area contributed by atoms with Gasteiger partial charge in [-0.25, -0.2) is 4.79 Å². The number of hydrogen-bond donors (Lipinski definition) is 2. The maximum Gasteiger partial charge on any atom is 0.330 e. The van der Waals surface area contributed by atoms with Crippen LogP contribution in [0.1, 0.15) is 5.56 Å². The van der Waals surface area contributed by atoms with Gasteiger partial charge in [-0.2, -0.15) is 0 Å². The van der Waals surface area contributed by atoms with Gasteiger partial charge in [-0.3, -0.25) is 9.36 Å². The highest BCUT2D eigenvalue weighted by Crippen LogP contribution is 2.08. The molecule has 2 N–H and O–H groups in total. The van der Waals surface area contributed by atoms with Gasteiger partial charge in [0.2, 0.25) is 0 Å². The van der Waals surface area contributed by atoms with Gasteiger partial charge in [0, 0.05) is 12.4 Å². The number of nitrogens with one attached hydrogen (secondary N) is 1. The molecule has 0 aliphatic carbocycles. The number of benzene rings is 1. The first kappa shape index (κ1) is 10.2. The maximum atomic E-state index is 11.3. The molecule has 0 atom stereocenters. The van der Waals surface area contributed by atoms with Gasteiger partial charge in [0.15, 0.2) is 0 Å². The van der Waals surface area contributed by atoms with Gasteiger partial charge in [0.25, 0.3) is 0 Å². The molecule has 16 heavy (non-hydrogen) atoms. The van der Waals surface area contributed by atoms with Crippen LogP contribution < -0.4 is 5.69 Å². The number of carboxylic acids is 1. The van der Waals surface area contributed by atoms with E-state index in [2.05, 4.69) is 4.98 Å². The highest BCUT2D eigenvalue weighted by Gasteiger charge is 2.02. The Kier molecular flexibility index (Phi) is 2.59. The van der Waals surface area contributed by atoms with Gasteiger partial charge in [0.05, 0.1) is 12.1 Å². The van der Waals surface area contributed by atoms with E-state index < -0.39 is 5.97 Å². The lowest BCUT2D eigenvalue weighted by atomic mass is 10.1. The summed E-state index contributed by atoms with van der Waals surface area (Å²) in [6.07, 6.45) is 3.16. The van der Waals surface area contributed by atoms with Gasteiger partial charge in [-0.05, 0) is 17.7 Å². The largest absolute Gasteiger partial charge is 0.481 e. The Morgan fingerprint density at radius 3 is 2.50 bits per heavy atom. The third-order valence-corrected chi connectivity index (χ3v) is 2.22. The number of aliphatic carboxylic acids is 1. The van der Waals surface area contributed by atoms with Gasteiger partial charge in [0.1, 0.15) is 0 Å². The minimum absolute atomic E-state index is 0.0116. The van der Waals surface area contributed by atoms with Gasteiger partial charge < -0.3 is 10.1 Å². The molecule has 0 saturated heterocycles. The third kappa shape index (κ3) is 2.03. The molecular formula is C11H10N2O3. The Morgan fingerprint density at radius 1 is 1.31 bits per heavy atom. The van der Waals surface area contributed by atoms with Crippen molar-refractivity contribution in [2.24, 2.45) is 0 Å². The second-order valence-corrected chi connectivity index (χ2v) is 3.37. The first-order valence-corrected chi connectivity index (χ1v) is 4.74. The number of aromatic nitrogens is 2. The minimum Gasteiger partial charge on any atom is -0.481 e. The molecule has 0 bridgehead atoms. The normalized spacial score (nSPS) is 10.2. The Balaban J connectivity index is 2.30. The number of rotatable bonds is 3. The van der Waals surface area contributed by atoms with E-state index in [0.717, 1.165) is 0 Å². The minimum atomic E-state index is -0.869. The first-order valence-electron chi connectivity index (χ1n) is 4.74. The lowest BCUT2D eigenvalue weighted by molar-refractivity contribution is -0.136. The van der Waals surface area contributed by atoms with Crippen molar-refractivity contribution in [2.45, 2.75) is 6.42 Å². The van der Waals surface area contributed by atoms with Crippen LogP contribution >= 0.6 is 0 Å². The summed E-state index contributed by atoms with van der Waals surface area (Å²) in [6.45, 7) is 0. The van der Waals surface area contributed by atoms with Crippen LogP contribution in [0.15, 0.2) is 41.5 Å². The predicted molar refractivity (Wildman–Crippen MR) is 57.7 cm³/mol. The quantitative estimate of drug-likeness (QED) is 0.799. The van der Waals surface area contributed by atoms with Crippen molar-refractivity contribution in [2.75, 3.05) is 0 Å². The highest BCUT2D eigenvalue weighted by molar-refractivity contribution is 5.70. The summed E-state index contributed by atoms with van der Waals surface area (Å²) in [5.41, 5.74) is 1.20. The molecule has 2 rings (SSSR count). The van der Waals surface area contributed by atoms with Crippen LogP contribution in [-0.2, 0) is 11.2 Å². The molecular weight excluding hydrogens is 208 g/mol. The highest BCUT2D eigenvalue weighted by atomic mass is 16.4. The fourth-order valence-corrected chi connectivity index (χ4v) is 1.47. The van der Waals surface area contributed by atoms with E-state index in [1.165, 1.54) is 4.57 Å². The summed E-state index contributed by atoms with van der Waals surface area (Å²) in [6, 6.07) is 6.83. The summed E-state index contributed by atoms with van der Waals surface area (Å²) in [4.78, 5) is 24.3. The predicted octanol–water partition coefficient (Wildman–Crippen LogP) is 0.793. The van der Waals surface area contributed by atoms with E-state index in [9.17, 15) is 9.59 Å². The number of imidazole rings is 1. The number of H-pyrrole nitrogens is 1. The number of carbonyl (C=O) groups is 1. The van der Waals surface area contributed by atoms with Crippen LogP contribution in [0.4, 0.5) is 0 Å². The number of carboxylic acid groups (broad SMARTS) is 1. The summed E-state index contributed by atoms with van der Waals surface area (Å²) < 4.78 is 1.45. The van der Waals surface area contributed by atoms with Gasteiger partial charge in [-0.1, -0.05) is 12.1 Å². The molecule has 82 valence electrons. The third-order valence-electron chi connectivity index (χ3n) is 2.22. The Morgan fingerprint density at radius 2 is 2.00 bits per heavy atom. The van der Waals surface area contributed by atoms with E-state index in [4.69, 9.17) is 5.11 Å². The fraction of sp³-hybridized carbons (Fsp3) is 0.0909. The van der Waals surface area contributed by atoms with Crippen molar-refractivity contribution >= 4 is 5.97 Å². The van der Waals surface area contributed by atoms with E-state index in [-0.39, 0.29) is 12.1 Å². The van der Waals surface area contributed by atoms with Crippen molar-refractivity contribution in [3.8, 4) is 5.69 Å². The monoisotopic (exact) mass is 218 g/mol. The van der Waals surface area contributed by atoms with Crippen LogP contribution in [-0.4, -0.2) is 20.6 Å². The van der Waals surface area contributed by atoms with Crippen LogP contribution in [0.5, 0.6) is 0 Å². The second-order valence-electron chi connectivity index (χ2n) is 3.37. The van der Waals surface area contributed by atoms with Crippen molar-refractivity contribution in [3.05, 3.63) is 52.7 Å². The van der Waals surface area contributed by atoms with Gasteiger partial charge in [-0.15, -0.1) is 0 Å². The molecule has 0 aliphatic rings. The zero-order valence-electron chi connectivity index (χ0n) is 8.38. The van der Waals surface area contributed by atoms with Crippen molar-refractivity contribution in [1.29, 1.82) is 0 Å². The summed E-state index contributed by atoms with van der Waals surface area (Å²) in [5, 5.41) is 8.60. The van der Waals surface area contributed by atoms with E-state index >= 15 is 0 Å². The lowest BCUT2D eigenvalue weighted by Crippen LogP contribution is -2.13.